The van der Waals surface area contributed by atoms with Crippen molar-refractivity contribution in [3.05, 3.63) is 96.1 Å². The van der Waals surface area contributed by atoms with Gasteiger partial charge in [-0.05, 0) is 61.2 Å². The second kappa shape index (κ2) is 10.5. The summed E-state index contributed by atoms with van der Waals surface area (Å²) in [6.45, 7) is 4.28. The van der Waals surface area contributed by atoms with E-state index < -0.39 is 0 Å². The zero-order valence-electron chi connectivity index (χ0n) is 20.6. The molecule has 0 spiro atoms. The van der Waals surface area contributed by atoms with Crippen LogP contribution in [-0.2, 0) is 19.5 Å². The molecule has 0 unspecified atom stereocenters. The van der Waals surface area contributed by atoms with Gasteiger partial charge in [-0.15, -0.1) is 5.10 Å². The number of imidazole rings is 1. The number of anilines is 1. The Morgan fingerprint density at radius 2 is 1.76 bits per heavy atom. The van der Waals surface area contributed by atoms with Gasteiger partial charge in [-0.1, -0.05) is 23.4 Å². The van der Waals surface area contributed by atoms with E-state index in [1.807, 2.05) is 52.1 Å². The van der Waals surface area contributed by atoms with E-state index in [0.29, 0.717) is 6.54 Å². The van der Waals surface area contributed by atoms with Gasteiger partial charge in [-0.3, -0.25) is 4.98 Å². The number of fused-ring (bicyclic) bond motifs is 1. The number of benzene rings is 1. The molecule has 1 saturated heterocycles. The van der Waals surface area contributed by atoms with Crippen molar-refractivity contribution in [2.45, 2.75) is 32.4 Å². The molecular weight excluding hydrogens is 467 g/mol. The summed E-state index contributed by atoms with van der Waals surface area (Å²) in [6, 6.07) is 12.9. The third-order valence-corrected chi connectivity index (χ3v) is 6.75. The smallest absolute Gasteiger partial charge is 0.137 e. The minimum atomic E-state index is -0.200. The van der Waals surface area contributed by atoms with Crippen molar-refractivity contribution in [2.24, 2.45) is 0 Å². The second-order valence-corrected chi connectivity index (χ2v) is 9.52. The molecule has 0 aliphatic carbocycles. The van der Waals surface area contributed by atoms with Crippen LogP contribution in [0.3, 0.4) is 0 Å². The molecule has 0 atom stereocenters. The molecule has 0 bridgehead atoms. The maximum absolute atomic E-state index is 13.0. The number of rotatable bonds is 9. The number of halogens is 1. The Balaban J connectivity index is 1.07. The summed E-state index contributed by atoms with van der Waals surface area (Å²) in [5.41, 5.74) is 7.04. The normalized spacial score (nSPS) is 13.6. The summed E-state index contributed by atoms with van der Waals surface area (Å²) in [4.78, 5) is 11.5. The van der Waals surface area contributed by atoms with Crippen molar-refractivity contribution in [2.75, 3.05) is 24.5 Å². The molecule has 4 aromatic heterocycles. The van der Waals surface area contributed by atoms with Gasteiger partial charge in [0.05, 0.1) is 30.3 Å². The Hall–Kier alpha value is -4.11. The molecule has 1 N–H and O–H groups in total. The number of aromatic nitrogens is 6. The quantitative estimate of drug-likeness (QED) is 0.310. The lowest BCUT2D eigenvalue weighted by Gasteiger charge is -2.17. The van der Waals surface area contributed by atoms with Crippen LogP contribution in [-0.4, -0.2) is 49.0 Å². The average molecular weight is 497 g/mol. The van der Waals surface area contributed by atoms with Crippen molar-refractivity contribution in [3.8, 4) is 11.3 Å². The summed E-state index contributed by atoms with van der Waals surface area (Å²) in [5, 5.41) is 12.2. The molecule has 5 heterocycles. The summed E-state index contributed by atoms with van der Waals surface area (Å²) in [6.07, 6.45) is 13.2. The van der Waals surface area contributed by atoms with Crippen LogP contribution in [0.15, 0.2) is 73.4 Å². The fourth-order valence-corrected chi connectivity index (χ4v) is 4.78. The van der Waals surface area contributed by atoms with E-state index in [1.54, 1.807) is 0 Å². The van der Waals surface area contributed by atoms with Gasteiger partial charge in [0.1, 0.15) is 17.2 Å². The molecule has 5 aromatic rings. The fraction of sp³-hybridized carbons (Fsp3) is 0.286. The maximum Gasteiger partial charge on any atom is 0.137 e. The SMILES string of the molecule is Fc1ccc(CCNCc2ccc3nc(Cn4cc(-c5cncc(N6CCCC6)c5)nn4)cn3c2)cc1. The highest BCUT2D eigenvalue weighted by atomic mass is 19.1. The molecule has 9 heteroatoms. The maximum atomic E-state index is 13.0. The first-order chi connectivity index (χ1) is 18.2. The fourth-order valence-electron chi connectivity index (χ4n) is 4.78. The van der Waals surface area contributed by atoms with E-state index in [4.69, 9.17) is 4.98 Å². The molecule has 188 valence electrons. The lowest BCUT2D eigenvalue weighted by molar-refractivity contribution is 0.626. The Kier molecular flexibility index (Phi) is 6.60. The first-order valence-corrected chi connectivity index (χ1v) is 12.7. The molecule has 37 heavy (non-hydrogen) atoms. The van der Waals surface area contributed by atoms with Crippen molar-refractivity contribution in [1.29, 1.82) is 0 Å². The Bertz CT molecular complexity index is 1480. The van der Waals surface area contributed by atoms with Crippen LogP contribution >= 0.6 is 0 Å². The van der Waals surface area contributed by atoms with E-state index in [0.717, 1.165) is 66.4 Å². The molecule has 0 radical (unpaired) electrons. The van der Waals surface area contributed by atoms with Gasteiger partial charge in [-0.25, -0.2) is 14.1 Å². The van der Waals surface area contributed by atoms with Crippen LogP contribution in [0.25, 0.3) is 16.9 Å². The number of nitrogens with one attached hydrogen (secondary N) is 1. The summed E-state index contributed by atoms with van der Waals surface area (Å²) in [7, 11) is 0. The summed E-state index contributed by atoms with van der Waals surface area (Å²) < 4.78 is 16.9. The molecule has 1 aromatic carbocycles. The second-order valence-electron chi connectivity index (χ2n) is 9.52. The lowest BCUT2D eigenvalue weighted by Crippen LogP contribution is -2.17. The zero-order chi connectivity index (χ0) is 25.0. The molecule has 1 aliphatic heterocycles. The van der Waals surface area contributed by atoms with Gasteiger partial charge in [0.15, 0.2) is 0 Å². The predicted octanol–water partition coefficient (Wildman–Crippen LogP) is 4.11. The summed E-state index contributed by atoms with van der Waals surface area (Å²) in [5.74, 6) is -0.200. The standard InChI is InChI=1S/C28H29FN8/c29-24-6-3-21(4-7-24)9-10-30-14-22-5-8-28-32-25(18-36(28)17-22)19-37-20-27(33-34-37)23-13-26(16-31-15-23)35-11-1-2-12-35/h3-8,13,15-18,20,30H,1-2,9-12,14,19H2. The lowest BCUT2D eigenvalue weighted by atomic mass is 10.1. The van der Waals surface area contributed by atoms with Crippen LogP contribution < -0.4 is 10.2 Å². The minimum absolute atomic E-state index is 0.200. The molecule has 1 fully saturated rings. The van der Waals surface area contributed by atoms with Crippen LogP contribution in [0.4, 0.5) is 10.1 Å². The zero-order valence-corrected chi connectivity index (χ0v) is 20.6. The molecule has 1 aliphatic rings. The molecule has 0 saturated carbocycles. The Labute approximate surface area is 214 Å². The first kappa shape index (κ1) is 23.3. The highest BCUT2D eigenvalue weighted by molar-refractivity contribution is 5.63. The van der Waals surface area contributed by atoms with E-state index in [-0.39, 0.29) is 5.82 Å². The van der Waals surface area contributed by atoms with Gasteiger partial charge >= 0.3 is 0 Å². The third kappa shape index (κ3) is 5.51. The molecule has 6 rings (SSSR count). The molecule has 8 nitrogen and oxygen atoms in total. The van der Waals surface area contributed by atoms with E-state index in [1.165, 1.54) is 30.5 Å². The van der Waals surface area contributed by atoms with E-state index >= 15 is 0 Å². The Morgan fingerprint density at radius 1 is 0.919 bits per heavy atom. The number of hydrogen-bond acceptors (Lipinski definition) is 6. The van der Waals surface area contributed by atoms with Gasteiger partial charge < -0.3 is 14.6 Å². The Morgan fingerprint density at radius 3 is 2.62 bits per heavy atom. The van der Waals surface area contributed by atoms with Crippen LogP contribution in [0, 0.1) is 5.82 Å². The first-order valence-electron chi connectivity index (χ1n) is 12.7. The third-order valence-electron chi connectivity index (χ3n) is 6.75. The van der Waals surface area contributed by atoms with Gasteiger partial charge in [-0.2, -0.15) is 0 Å². The van der Waals surface area contributed by atoms with Crippen molar-refractivity contribution in [3.63, 3.8) is 0 Å². The minimum Gasteiger partial charge on any atom is -0.370 e. The number of nitrogens with zero attached hydrogens (tertiary/aromatic N) is 7. The van der Waals surface area contributed by atoms with Gasteiger partial charge in [0.25, 0.3) is 0 Å². The van der Waals surface area contributed by atoms with Crippen molar-refractivity contribution in [1.82, 2.24) is 34.7 Å². The van der Waals surface area contributed by atoms with Gasteiger partial charge in [0, 0.05) is 43.8 Å². The van der Waals surface area contributed by atoms with Crippen molar-refractivity contribution >= 4 is 11.3 Å². The van der Waals surface area contributed by atoms with Gasteiger partial charge in [0.2, 0.25) is 0 Å². The van der Waals surface area contributed by atoms with Crippen molar-refractivity contribution < 1.29 is 4.39 Å². The topological polar surface area (TPSA) is 76.2 Å². The average Bonchev–Trinajstić information content (AvgIpc) is 3.69. The highest BCUT2D eigenvalue weighted by Crippen LogP contribution is 2.24. The van der Waals surface area contributed by atoms with E-state index in [2.05, 4.69) is 43.8 Å². The largest absolute Gasteiger partial charge is 0.370 e. The van der Waals surface area contributed by atoms with Crippen LogP contribution in [0.2, 0.25) is 0 Å². The van der Waals surface area contributed by atoms with E-state index in [9.17, 15) is 4.39 Å². The molecule has 0 amide bonds. The number of hydrogen-bond donors (Lipinski definition) is 1. The number of pyridine rings is 2. The van der Waals surface area contributed by atoms with Crippen LogP contribution in [0.1, 0.15) is 29.7 Å². The predicted molar refractivity (Wildman–Crippen MR) is 141 cm³/mol. The van der Waals surface area contributed by atoms with Crippen LogP contribution in [0.5, 0.6) is 0 Å². The monoisotopic (exact) mass is 496 g/mol. The highest BCUT2D eigenvalue weighted by Gasteiger charge is 2.14. The molecular formula is C28H29FN8. The summed E-state index contributed by atoms with van der Waals surface area (Å²) >= 11 is 0.